The van der Waals surface area contributed by atoms with Gasteiger partial charge in [0.05, 0.1) is 0 Å². The maximum absolute atomic E-state index is 14.0. The average Bonchev–Trinajstić information content (AvgIpc) is 2.75. The molecular weight excluding hydrogens is 403 g/mol. The molecule has 160 valence electrons. The molecule has 1 aliphatic rings. The zero-order valence-corrected chi connectivity index (χ0v) is 17.6. The van der Waals surface area contributed by atoms with Gasteiger partial charge in [0.1, 0.15) is 16.8 Å². The molecule has 0 saturated heterocycles. The van der Waals surface area contributed by atoms with Crippen molar-refractivity contribution < 1.29 is 17.6 Å². The van der Waals surface area contributed by atoms with E-state index in [4.69, 9.17) is 0 Å². The van der Waals surface area contributed by atoms with Gasteiger partial charge in [-0.3, -0.25) is 4.79 Å². The highest BCUT2D eigenvalue weighted by molar-refractivity contribution is 7.89. The molecule has 0 fully saturated rings. The number of hydrogen-bond acceptors (Lipinski definition) is 3. The fourth-order valence-electron chi connectivity index (χ4n) is 3.55. The first-order valence-corrected chi connectivity index (χ1v) is 11.7. The summed E-state index contributed by atoms with van der Waals surface area (Å²) in [6, 6.07) is 13.2. The molecule has 0 radical (unpaired) electrons. The van der Waals surface area contributed by atoms with Gasteiger partial charge in [-0.05, 0) is 56.2 Å². The van der Waals surface area contributed by atoms with Crippen molar-refractivity contribution in [3.8, 4) is 0 Å². The van der Waals surface area contributed by atoms with E-state index in [1.807, 2.05) is 30.3 Å². The van der Waals surface area contributed by atoms with Crippen molar-refractivity contribution in [2.45, 2.75) is 49.5 Å². The summed E-state index contributed by atoms with van der Waals surface area (Å²) in [5.41, 5.74) is 2.14. The molecule has 0 saturated carbocycles. The number of halogens is 1. The van der Waals surface area contributed by atoms with E-state index in [2.05, 4.69) is 16.1 Å². The predicted octanol–water partition coefficient (Wildman–Crippen LogP) is 3.72. The highest BCUT2D eigenvalue weighted by atomic mass is 32.2. The van der Waals surface area contributed by atoms with Gasteiger partial charge >= 0.3 is 0 Å². The molecule has 7 heteroatoms. The van der Waals surface area contributed by atoms with Gasteiger partial charge < -0.3 is 5.32 Å². The fraction of sp³-hybridized carbons (Fsp3) is 0.348. The molecule has 1 unspecified atom stereocenters. The lowest BCUT2D eigenvalue weighted by molar-refractivity contribution is -0.122. The van der Waals surface area contributed by atoms with E-state index in [0.717, 1.165) is 30.9 Å². The van der Waals surface area contributed by atoms with Crippen LogP contribution < -0.4 is 10.0 Å². The molecule has 5 nitrogen and oxygen atoms in total. The highest BCUT2D eigenvalue weighted by Crippen LogP contribution is 2.19. The van der Waals surface area contributed by atoms with E-state index in [-0.39, 0.29) is 6.42 Å². The summed E-state index contributed by atoms with van der Waals surface area (Å²) in [5, 5.41) is 2.84. The third kappa shape index (κ3) is 6.24. The predicted molar refractivity (Wildman–Crippen MR) is 115 cm³/mol. The fourth-order valence-corrected chi connectivity index (χ4v) is 4.83. The number of benzene rings is 2. The lowest BCUT2D eigenvalue weighted by atomic mass is 9.97. The Morgan fingerprint density at radius 3 is 2.47 bits per heavy atom. The minimum absolute atomic E-state index is 0.170. The Balaban J connectivity index is 1.71. The number of carbonyl (C=O) groups is 1. The Bertz CT molecular complexity index is 991. The van der Waals surface area contributed by atoms with E-state index >= 15 is 0 Å². The molecule has 2 aromatic carbocycles. The van der Waals surface area contributed by atoms with Crippen LogP contribution in [0.3, 0.4) is 0 Å². The monoisotopic (exact) mass is 430 g/mol. The molecule has 1 amide bonds. The molecule has 3 rings (SSSR count). The zero-order valence-electron chi connectivity index (χ0n) is 16.8. The summed E-state index contributed by atoms with van der Waals surface area (Å²) >= 11 is 0. The quantitative estimate of drug-likeness (QED) is 0.596. The van der Waals surface area contributed by atoms with Crippen LogP contribution in [0.15, 0.2) is 71.1 Å². The van der Waals surface area contributed by atoms with Crippen LogP contribution in [0.2, 0.25) is 0 Å². The molecular formula is C23H27FN2O3S. The molecule has 0 bridgehead atoms. The van der Waals surface area contributed by atoms with Crippen LogP contribution in [0.25, 0.3) is 0 Å². The van der Waals surface area contributed by atoms with E-state index in [9.17, 15) is 17.6 Å². The number of hydrogen-bond donors (Lipinski definition) is 2. The lowest BCUT2D eigenvalue weighted by Gasteiger charge is -2.20. The first kappa shape index (κ1) is 22.2. The van der Waals surface area contributed by atoms with Gasteiger partial charge in [-0.25, -0.2) is 12.8 Å². The van der Waals surface area contributed by atoms with Crippen LogP contribution in [-0.2, 0) is 21.2 Å². The minimum atomic E-state index is -4.20. The van der Waals surface area contributed by atoms with E-state index in [1.54, 1.807) is 0 Å². The Morgan fingerprint density at radius 2 is 1.77 bits per heavy atom. The van der Waals surface area contributed by atoms with Crippen molar-refractivity contribution in [2.24, 2.45) is 0 Å². The number of sulfonamides is 1. The van der Waals surface area contributed by atoms with Crippen molar-refractivity contribution >= 4 is 15.9 Å². The molecule has 0 aromatic heterocycles. The van der Waals surface area contributed by atoms with Gasteiger partial charge in [-0.15, -0.1) is 0 Å². The summed E-state index contributed by atoms with van der Waals surface area (Å²) < 4.78 is 41.9. The van der Waals surface area contributed by atoms with Crippen LogP contribution in [0.1, 0.15) is 37.7 Å². The average molecular weight is 431 g/mol. The molecule has 1 atom stereocenters. The second kappa shape index (κ2) is 10.5. The van der Waals surface area contributed by atoms with Gasteiger partial charge in [-0.2, -0.15) is 4.72 Å². The van der Waals surface area contributed by atoms with Gasteiger partial charge in [-0.1, -0.05) is 54.1 Å². The van der Waals surface area contributed by atoms with Gasteiger partial charge in [0, 0.05) is 6.54 Å². The third-order valence-corrected chi connectivity index (χ3v) is 6.66. The first-order valence-electron chi connectivity index (χ1n) is 10.2. The molecule has 30 heavy (non-hydrogen) atoms. The van der Waals surface area contributed by atoms with Gasteiger partial charge in [0.25, 0.3) is 0 Å². The molecule has 1 aliphatic carbocycles. The molecule has 2 N–H and O–H groups in total. The number of rotatable bonds is 9. The molecule has 0 aliphatic heterocycles. The van der Waals surface area contributed by atoms with Gasteiger partial charge in [0.2, 0.25) is 15.9 Å². The first-order chi connectivity index (χ1) is 14.5. The summed E-state index contributed by atoms with van der Waals surface area (Å²) in [5.74, 6) is -1.27. The molecule has 0 spiro atoms. The Hall–Kier alpha value is -2.51. The van der Waals surface area contributed by atoms with Crippen molar-refractivity contribution in [3.05, 3.63) is 77.6 Å². The minimum Gasteiger partial charge on any atom is -0.354 e. The van der Waals surface area contributed by atoms with Crippen LogP contribution in [-0.4, -0.2) is 26.9 Å². The second-order valence-electron chi connectivity index (χ2n) is 7.44. The number of carbonyl (C=O) groups excluding carboxylic acids is 1. The number of nitrogens with one attached hydrogen (secondary N) is 2. The molecule has 0 heterocycles. The SMILES string of the molecule is O=C(NCCC1=CCCCC1)C(Cc1ccccc1)NS(=O)(=O)c1ccccc1F. The number of amides is 1. The Kier molecular flexibility index (Phi) is 7.76. The second-order valence-corrected chi connectivity index (χ2v) is 9.13. The zero-order chi connectivity index (χ0) is 21.4. The van der Waals surface area contributed by atoms with E-state index in [0.29, 0.717) is 6.54 Å². The summed E-state index contributed by atoms with van der Waals surface area (Å²) in [6.45, 7) is 0.442. The Labute approximate surface area is 177 Å². The van der Waals surface area contributed by atoms with E-state index in [1.165, 1.54) is 36.6 Å². The van der Waals surface area contributed by atoms with E-state index < -0.39 is 32.7 Å². The van der Waals surface area contributed by atoms with Crippen LogP contribution in [0, 0.1) is 5.82 Å². The molecule has 2 aromatic rings. The van der Waals surface area contributed by atoms with Gasteiger partial charge in [0.15, 0.2) is 0 Å². The van der Waals surface area contributed by atoms with Crippen molar-refractivity contribution in [1.29, 1.82) is 0 Å². The number of allylic oxidation sites excluding steroid dienone is 1. The van der Waals surface area contributed by atoms with Crippen molar-refractivity contribution in [1.82, 2.24) is 10.0 Å². The van der Waals surface area contributed by atoms with Crippen LogP contribution >= 0.6 is 0 Å². The van der Waals surface area contributed by atoms with Crippen molar-refractivity contribution in [3.63, 3.8) is 0 Å². The normalized spacial score (nSPS) is 15.3. The topological polar surface area (TPSA) is 75.3 Å². The van der Waals surface area contributed by atoms with Crippen LogP contribution in [0.5, 0.6) is 0 Å². The highest BCUT2D eigenvalue weighted by Gasteiger charge is 2.27. The van der Waals surface area contributed by atoms with Crippen molar-refractivity contribution in [2.75, 3.05) is 6.54 Å². The summed E-state index contributed by atoms with van der Waals surface area (Å²) in [4.78, 5) is 12.4. The Morgan fingerprint density at radius 1 is 1.03 bits per heavy atom. The standard InChI is InChI=1S/C23H27FN2O3S/c24-20-13-7-8-14-22(20)30(28,29)26-21(17-19-11-5-2-6-12-19)23(27)25-16-15-18-9-3-1-4-10-18/h2,5-9,11-14,21,26H,1,3-4,10,15-17H2,(H,25,27). The third-order valence-electron chi connectivity index (χ3n) is 5.15. The largest absolute Gasteiger partial charge is 0.354 e. The smallest absolute Gasteiger partial charge is 0.244 e. The summed E-state index contributed by atoms with van der Waals surface area (Å²) in [6.07, 6.45) is 7.63. The maximum Gasteiger partial charge on any atom is 0.244 e. The van der Waals surface area contributed by atoms with Crippen LogP contribution in [0.4, 0.5) is 4.39 Å². The summed E-state index contributed by atoms with van der Waals surface area (Å²) in [7, 11) is -4.20. The lowest BCUT2D eigenvalue weighted by Crippen LogP contribution is -2.48. The maximum atomic E-state index is 14.0.